The van der Waals surface area contributed by atoms with Gasteiger partial charge in [-0.2, -0.15) is 9.78 Å². The van der Waals surface area contributed by atoms with E-state index in [2.05, 4.69) is 11.2 Å². The highest BCUT2D eigenvalue weighted by atomic mass is 19.2. The van der Waals surface area contributed by atoms with Gasteiger partial charge in [0.15, 0.2) is 11.6 Å². The van der Waals surface area contributed by atoms with Crippen LogP contribution in [0.1, 0.15) is 50.0 Å². The molecular weight excluding hydrogens is 412 g/mol. The molecule has 1 unspecified atom stereocenters. The number of fused-ring (bicyclic) bond motifs is 2. The quantitative estimate of drug-likeness (QED) is 0.396. The lowest BCUT2D eigenvalue weighted by atomic mass is 9.96. The van der Waals surface area contributed by atoms with Crippen molar-refractivity contribution in [3.8, 4) is 5.69 Å². The van der Waals surface area contributed by atoms with E-state index in [0.717, 1.165) is 53.0 Å². The van der Waals surface area contributed by atoms with E-state index in [9.17, 15) is 13.6 Å². The molecule has 1 aliphatic heterocycles. The fourth-order valence-electron chi connectivity index (χ4n) is 4.42. The first-order valence-electron chi connectivity index (χ1n) is 10.8. The lowest BCUT2D eigenvalue weighted by Crippen LogP contribution is -2.27. The molecular formula is C25H25F2N3O2. The molecule has 1 fully saturated rings. The second-order valence-corrected chi connectivity index (χ2v) is 9.50. The maximum atomic E-state index is 14.1. The van der Waals surface area contributed by atoms with Crippen LogP contribution in [0.3, 0.4) is 0 Å². The zero-order valence-corrected chi connectivity index (χ0v) is 18.4. The fraction of sp³-hybridized carbons (Fsp3) is 0.360. The minimum atomic E-state index is -0.889. The molecule has 5 nitrogen and oxygen atoms in total. The molecule has 0 saturated carbocycles. The summed E-state index contributed by atoms with van der Waals surface area (Å²) < 4.78 is 36.9. The van der Waals surface area contributed by atoms with Gasteiger partial charge in [-0.25, -0.2) is 8.78 Å². The van der Waals surface area contributed by atoms with Crippen molar-refractivity contribution in [1.82, 2.24) is 14.3 Å². The Kier molecular flexibility index (Phi) is 4.89. The molecule has 2 aromatic carbocycles. The van der Waals surface area contributed by atoms with Crippen LogP contribution in [0, 0.1) is 17.0 Å². The van der Waals surface area contributed by atoms with Crippen molar-refractivity contribution in [3.05, 3.63) is 59.9 Å². The van der Waals surface area contributed by atoms with Crippen molar-refractivity contribution in [2.45, 2.75) is 39.5 Å². The molecule has 0 bridgehead atoms. The number of hydrogen-bond acceptors (Lipinski definition) is 3. The maximum Gasteiger partial charge on any atom is 0.252 e. The van der Waals surface area contributed by atoms with Crippen molar-refractivity contribution in [1.29, 1.82) is 0 Å². The van der Waals surface area contributed by atoms with E-state index in [1.807, 2.05) is 37.5 Å². The minimum absolute atomic E-state index is 0.0900. The Morgan fingerprint density at radius 1 is 1.06 bits per heavy atom. The number of nitrogens with zero attached hydrogens (tertiary/aromatic N) is 3. The Hall–Kier alpha value is -3.06. The first-order valence-corrected chi connectivity index (χ1v) is 10.8. The summed E-state index contributed by atoms with van der Waals surface area (Å²) in [5.41, 5.74) is 2.55. The largest absolute Gasteiger partial charge is 0.381 e. The molecule has 0 radical (unpaired) electrons. The standard InChI is InChI=1S/C25H25F2N3O2/c1-25(2,3)24(31)30-23-10-16-9-21(15-5-4-8-32-14-15)29(22(16)11-17(23)13-28-30)18-6-7-19(26)20(27)12-18/h6-7,9-13,15H,4-5,8,14H2,1-3H3. The first-order chi connectivity index (χ1) is 15.2. The molecule has 1 aliphatic rings. The van der Waals surface area contributed by atoms with Gasteiger partial charge in [0, 0.05) is 46.2 Å². The predicted octanol–water partition coefficient (Wildman–Crippen LogP) is 5.84. The summed E-state index contributed by atoms with van der Waals surface area (Å²) in [6.45, 7) is 6.90. The van der Waals surface area contributed by atoms with E-state index in [-0.39, 0.29) is 11.8 Å². The number of carbonyl (C=O) groups excluding carboxylic acids is 1. The number of carbonyl (C=O) groups is 1. The average Bonchev–Trinajstić information content (AvgIpc) is 3.34. The number of halogens is 2. The van der Waals surface area contributed by atoms with E-state index < -0.39 is 17.0 Å². The van der Waals surface area contributed by atoms with Gasteiger partial charge in [0.05, 0.1) is 23.8 Å². The van der Waals surface area contributed by atoms with Crippen molar-refractivity contribution in [2.24, 2.45) is 5.41 Å². The molecule has 7 heteroatoms. The van der Waals surface area contributed by atoms with E-state index in [0.29, 0.717) is 12.3 Å². The Labute approximate surface area is 184 Å². The molecule has 4 aromatic rings. The van der Waals surface area contributed by atoms with Crippen LogP contribution in [0.15, 0.2) is 42.6 Å². The summed E-state index contributed by atoms with van der Waals surface area (Å²) in [5, 5.41) is 6.05. The predicted molar refractivity (Wildman–Crippen MR) is 119 cm³/mol. The number of benzene rings is 2. The topological polar surface area (TPSA) is 49.1 Å². The first kappa shape index (κ1) is 20.8. The zero-order chi connectivity index (χ0) is 22.6. The number of hydrogen-bond donors (Lipinski definition) is 0. The van der Waals surface area contributed by atoms with Gasteiger partial charge in [-0.05, 0) is 43.2 Å². The minimum Gasteiger partial charge on any atom is -0.381 e. The summed E-state index contributed by atoms with van der Waals surface area (Å²) in [4.78, 5) is 12.9. The third-order valence-electron chi connectivity index (χ3n) is 6.09. The maximum absolute atomic E-state index is 14.1. The lowest BCUT2D eigenvalue weighted by Gasteiger charge is -2.24. The van der Waals surface area contributed by atoms with Gasteiger partial charge in [0.1, 0.15) is 0 Å². The van der Waals surface area contributed by atoms with E-state index in [1.165, 1.54) is 10.7 Å². The molecule has 0 spiro atoms. The summed E-state index contributed by atoms with van der Waals surface area (Å²) in [5.74, 6) is -1.72. The highest BCUT2D eigenvalue weighted by molar-refractivity contribution is 6.01. The highest BCUT2D eigenvalue weighted by Crippen LogP contribution is 2.36. The molecule has 1 saturated heterocycles. The zero-order valence-electron chi connectivity index (χ0n) is 18.4. The van der Waals surface area contributed by atoms with Crippen LogP contribution in [0.5, 0.6) is 0 Å². The number of rotatable bonds is 2. The van der Waals surface area contributed by atoms with Crippen LogP contribution in [-0.4, -0.2) is 33.5 Å². The van der Waals surface area contributed by atoms with Crippen LogP contribution in [0.2, 0.25) is 0 Å². The summed E-state index contributed by atoms with van der Waals surface area (Å²) in [6, 6.07) is 9.93. The van der Waals surface area contributed by atoms with Gasteiger partial charge in [-0.1, -0.05) is 20.8 Å². The van der Waals surface area contributed by atoms with E-state index in [4.69, 9.17) is 4.74 Å². The van der Waals surface area contributed by atoms with Crippen molar-refractivity contribution in [2.75, 3.05) is 13.2 Å². The van der Waals surface area contributed by atoms with Crippen LogP contribution in [0.4, 0.5) is 8.78 Å². The highest BCUT2D eigenvalue weighted by Gasteiger charge is 2.27. The number of aromatic nitrogens is 3. The molecule has 3 heterocycles. The average molecular weight is 437 g/mol. The van der Waals surface area contributed by atoms with Crippen LogP contribution < -0.4 is 0 Å². The second-order valence-electron chi connectivity index (χ2n) is 9.50. The Morgan fingerprint density at radius 3 is 2.53 bits per heavy atom. The molecule has 32 heavy (non-hydrogen) atoms. The van der Waals surface area contributed by atoms with E-state index >= 15 is 0 Å². The van der Waals surface area contributed by atoms with Crippen molar-refractivity contribution < 1.29 is 18.3 Å². The SMILES string of the molecule is CC(C)(C)C(=O)n1ncc2cc3c(cc(C4CCCOC4)n3-c3ccc(F)c(F)c3)cc21. The van der Waals surface area contributed by atoms with Gasteiger partial charge in [-0.3, -0.25) is 4.79 Å². The smallest absolute Gasteiger partial charge is 0.252 e. The number of ether oxygens (including phenoxy) is 1. The Balaban J connectivity index is 1.75. The Morgan fingerprint density at radius 2 is 1.84 bits per heavy atom. The molecule has 166 valence electrons. The van der Waals surface area contributed by atoms with Gasteiger partial charge < -0.3 is 9.30 Å². The third kappa shape index (κ3) is 3.41. The molecule has 0 amide bonds. The fourth-order valence-corrected chi connectivity index (χ4v) is 4.42. The Bertz CT molecular complexity index is 1340. The van der Waals surface area contributed by atoms with E-state index in [1.54, 1.807) is 12.3 Å². The van der Waals surface area contributed by atoms with Crippen LogP contribution in [-0.2, 0) is 4.74 Å². The van der Waals surface area contributed by atoms with Gasteiger partial charge in [0.2, 0.25) is 0 Å². The third-order valence-corrected chi connectivity index (χ3v) is 6.09. The molecule has 5 rings (SSSR count). The van der Waals surface area contributed by atoms with Crippen LogP contribution >= 0.6 is 0 Å². The molecule has 1 atom stereocenters. The monoisotopic (exact) mass is 437 g/mol. The molecule has 2 aromatic heterocycles. The summed E-state index contributed by atoms with van der Waals surface area (Å²) in [6.07, 6.45) is 3.57. The van der Waals surface area contributed by atoms with Gasteiger partial charge in [0.25, 0.3) is 5.91 Å². The second kappa shape index (κ2) is 7.52. The molecule has 0 N–H and O–H groups in total. The van der Waals surface area contributed by atoms with Crippen LogP contribution in [0.25, 0.3) is 27.5 Å². The van der Waals surface area contributed by atoms with Crippen molar-refractivity contribution >= 4 is 27.7 Å². The normalized spacial score (nSPS) is 17.3. The van der Waals surface area contributed by atoms with Crippen molar-refractivity contribution in [3.63, 3.8) is 0 Å². The molecule has 0 aliphatic carbocycles. The summed E-state index contributed by atoms with van der Waals surface area (Å²) >= 11 is 0. The summed E-state index contributed by atoms with van der Waals surface area (Å²) in [7, 11) is 0. The lowest BCUT2D eigenvalue weighted by molar-refractivity contribution is 0.0755. The van der Waals surface area contributed by atoms with Gasteiger partial charge >= 0.3 is 0 Å². The van der Waals surface area contributed by atoms with Gasteiger partial charge in [-0.15, -0.1) is 0 Å².